The predicted octanol–water partition coefficient (Wildman–Crippen LogP) is 5.07. The Morgan fingerprint density at radius 3 is 2.93 bits per heavy atom. The molecule has 5 rings (SSSR count). The molecule has 1 atom stereocenters. The lowest BCUT2D eigenvalue weighted by atomic mass is 9.83. The minimum Gasteiger partial charge on any atom is -0.301 e. The molecule has 0 fully saturated rings. The Kier molecular flexibility index (Phi) is 3.99. The van der Waals surface area contributed by atoms with Crippen molar-refractivity contribution in [3.8, 4) is 11.3 Å². The van der Waals surface area contributed by atoms with Gasteiger partial charge in [0, 0.05) is 35.5 Å². The molecule has 0 saturated heterocycles. The summed E-state index contributed by atoms with van der Waals surface area (Å²) in [6.45, 7) is 1.69. The first-order valence-electron chi connectivity index (χ1n) is 8.95. The zero-order valence-electron chi connectivity index (χ0n) is 14.9. The van der Waals surface area contributed by atoms with Crippen molar-refractivity contribution in [1.82, 2.24) is 15.1 Å². The molecule has 2 aromatic heterocycles. The van der Waals surface area contributed by atoms with Crippen molar-refractivity contribution in [3.05, 3.63) is 82.6 Å². The summed E-state index contributed by atoms with van der Waals surface area (Å²) in [7, 11) is 2.12. The number of nitrogens with zero attached hydrogens (tertiary/aromatic N) is 3. The van der Waals surface area contributed by atoms with Crippen LogP contribution in [0, 0.1) is 5.82 Å². The molecule has 2 aromatic carbocycles. The summed E-state index contributed by atoms with van der Waals surface area (Å²) in [5, 5.41) is 11.3. The van der Waals surface area contributed by atoms with Gasteiger partial charge in [-0.25, -0.2) is 4.39 Å². The van der Waals surface area contributed by atoms with Crippen molar-refractivity contribution in [1.29, 1.82) is 0 Å². The summed E-state index contributed by atoms with van der Waals surface area (Å²) in [6.07, 6.45) is 1.60. The van der Waals surface area contributed by atoms with E-state index >= 15 is 0 Å². The highest BCUT2D eigenvalue weighted by atomic mass is 32.1. The van der Waals surface area contributed by atoms with Gasteiger partial charge in [0.05, 0.1) is 5.69 Å². The molecule has 0 saturated carbocycles. The number of benzene rings is 2. The van der Waals surface area contributed by atoms with Crippen LogP contribution in [0.5, 0.6) is 0 Å². The van der Waals surface area contributed by atoms with Gasteiger partial charge in [-0.1, -0.05) is 6.07 Å². The summed E-state index contributed by atoms with van der Waals surface area (Å²) in [6, 6.07) is 16.0. The molecule has 1 aliphatic heterocycles. The number of thiophene rings is 1. The monoisotopic (exact) mass is 375 g/mol. The van der Waals surface area contributed by atoms with Gasteiger partial charge in [-0.15, -0.1) is 11.3 Å². The first kappa shape index (κ1) is 16.5. The number of fused-ring (bicyclic) bond motifs is 2. The van der Waals surface area contributed by atoms with Gasteiger partial charge in [-0.3, -0.25) is 0 Å². The van der Waals surface area contributed by atoms with Crippen LogP contribution in [-0.2, 0) is 6.54 Å². The molecule has 5 heteroatoms. The lowest BCUT2D eigenvalue weighted by Gasteiger charge is -2.33. The SMILES string of the molecule is CN1Cc2cc(-c3cccnn3)c(F)cc2C(c2ccc3sccc3c2)C1. The van der Waals surface area contributed by atoms with Gasteiger partial charge in [0.1, 0.15) is 5.82 Å². The average Bonchev–Trinajstić information content (AvgIpc) is 3.16. The van der Waals surface area contributed by atoms with Crippen molar-refractivity contribution in [2.24, 2.45) is 0 Å². The number of halogens is 1. The number of rotatable bonds is 2. The van der Waals surface area contributed by atoms with E-state index in [0.717, 1.165) is 24.2 Å². The standard InChI is InChI=1S/C22H18FN3S/c1-26-12-16-10-18(21-3-2-7-24-25-21)20(23)11-17(16)19(13-26)14-4-5-22-15(9-14)6-8-27-22/h2-11,19H,12-13H2,1H3. The van der Waals surface area contributed by atoms with Crippen LogP contribution < -0.4 is 0 Å². The molecule has 3 heterocycles. The molecule has 0 N–H and O–H groups in total. The lowest BCUT2D eigenvalue weighted by molar-refractivity contribution is 0.294. The molecule has 0 amide bonds. The van der Waals surface area contributed by atoms with Gasteiger partial charge < -0.3 is 4.90 Å². The molecule has 27 heavy (non-hydrogen) atoms. The Balaban J connectivity index is 1.63. The van der Waals surface area contributed by atoms with Gasteiger partial charge in [0.2, 0.25) is 0 Å². The first-order valence-corrected chi connectivity index (χ1v) is 9.83. The maximum Gasteiger partial charge on any atom is 0.132 e. The molecule has 134 valence electrons. The van der Waals surface area contributed by atoms with Crippen LogP contribution >= 0.6 is 11.3 Å². The van der Waals surface area contributed by atoms with Crippen LogP contribution in [0.3, 0.4) is 0 Å². The molecule has 0 bridgehead atoms. The Hall–Kier alpha value is -2.63. The van der Waals surface area contributed by atoms with E-state index in [1.165, 1.54) is 15.6 Å². The average molecular weight is 375 g/mol. The Labute approximate surface area is 161 Å². The second kappa shape index (κ2) is 6.51. The Morgan fingerprint density at radius 2 is 2.07 bits per heavy atom. The maximum absolute atomic E-state index is 15.0. The second-order valence-corrected chi connectivity index (χ2v) is 8.05. The third-order valence-corrected chi connectivity index (χ3v) is 6.16. The van der Waals surface area contributed by atoms with E-state index in [0.29, 0.717) is 11.3 Å². The van der Waals surface area contributed by atoms with Crippen molar-refractivity contribution in [2.45, 2.75) is 12.5 Å². The van der Waals surface area contributed by atoms with Crippen LogP contribution in [0.25, 0.3) is 21.3 Å². The van der Waals surface area contributed by atoms with E-state index in [2.05, 4.69) is 51.8 Å². The van der Waals surface area contributed by atoms with Crippen LogP contribution in [0.4, 0.5) is 4.39 Å². The van der Waals surface area contributed by atoms with E-state index in [1.807, 2.05) is 6.07 Å². The van der Waals surface area contributed by atoms with Gasteiger partial charge in [-0.05, 0) is 77.0 Å². The first-order chi connectivity index (χ1) is 13.2. The van der Waals surface area contributed by atoms with Gasteiger partial charge in [-0.2, -0.15) is 10.2 Å². The van der Waals surface area contributed by atoms with Gasteiger partial charge >= 0.3 is 0 Å². The van der Waals surface area contributed by atoms with Crippen molar-refractivity contribution in [3.63, 3.8) is 0 Å². The molecule has 0 aliphatic carbocycles. The second-order valence-electron chi connectivity index (χ2n) is 7.11. The van der Waals surface area contributed by atoms with Gasteiger partial charge in [0.25, 0.3) is 0 Å². The summed E-state index contributed by atoms with van der Waals surface area (Å²) in [5.41, 5.74) is 4.56. The summed E-state index contributed by atoms with van der Waals surface area (Å²) in [5.74, 6) is -0.0751. The molecule has 4 aromatic rings. The van der Waals surface area contributed by atoms with E-state index in [4.69, 9.17) is 0 Å². The van der Waals surface area contributed by atoms with E-state index < -0.39 is 0 Å². The summed E-state index contributed by atoms with van der Waals surface area (Å²) < 4.78 is 16.3. The largest absolute Gasteiger partial charge is 0.301 e. The third-order valence-electron chi connectivity index (χ3n) is 5.27. The van der Waals surface area contributed by atoms with Crippen LogP contribution in [0.2, 0.25) is 0 Å². The molecule has 1 aliphatic rings. The smallest absolute Gasteiger partial charge is 0.132 e. The number of hydrogen-bond acceptors (Lipinski definition) is 4. The fourth-order valence-corrected chi connectivity index (χ4v) is 4.76. The Bertz CT molecular complexity index is 1120. The molecular formula is C22H18FN3S. The predicted molar refractivity (Wildman–Crippen MR) is 107 cm³/mol. The molecule has 0 radical (unpaired) electrons. The zero-order valence-corrected chi connectivity index (χ0v) is 15.7. The van der Waals surface area contributed by atoms with Crippen LogP contribution in [0.15, 0.2) is 60.1 Å². The highest BCUT2D eigenvalue weighted by molar-refractivity contribution is 7.17. The van der Waals surface area contributed by atoms with Crippen molar-refractivity contribution in [2.75, 3.05) is 13.6 Å². The molecule has 1 unspecified atom stereocenters. The van der Waals surface area contributed by atoms with E-state index in [9.17, 15) is 4.39 Å². The molecular weight excluding hydrogens is 357 g/mol. The zero-order chi connectivity index (χ0) is 18.4. The summed E-state index contributed by atoms with van der Waals surface area (Å²) in [4.78, 5) is 2.29. The number of hydrogen-bond donors (Lipinski definition) is 0. The van der Waals surface area contributed by atoms with Crippen LogP contribution in [0.1, 0.15) is 22.6 Å². The van der Waals surface area contributed by atoms with Gasteiger partial charge in [0.15, 0.2) is 0 Å². The minimum absolute atomic E-state index is 0.161. The Morgan fingerprint density at radius 1 is 1.15 bits per heavy atom. The van der Waals surface area contributed by atoms with Crippen molar-refractivity contribution < 1.29 is 4.39 Å². The maximum atomic E-state index is 15.0. The fourth-order valence-electron chi connectivity index (χ4n) is 3.99. The summed E-state index contributed by atoms with van der Waals surface area (Å²) >= 11 is 1.75. The van der Waals surface area contributed by atoms with Crippen LogP contribution in [-0.4, -0.2) is 28.7 Å². The van der Waals surface area contributed by atoms with E-state index in [1.54, 1.807) is 35.7 Å². The third kappa shape index (κ3) is 2.93. The normalized spacial score (nSPS) is 17.2. The molecule has 3 nitrogen and oxygen atoms in total. The molecule has 0 spiro atoms. The number of aromatic nitrogens is 2. The highest BCUT2D eigenvalue weighted by Gasteiger charge is 2.27. The topological polar surface area (TPSA) is 29.0 Å². The fraction of sp³-hybridized carbons (Fsp3) is 0.182. The minimum atomic E-state index is -0.236. The number of likely N-dealkylation sites (N-methyl/N-ethyl adjacent to an activating group) is 1. The lowest BCUT2D eigenvalue weighted by Crippen LogP contribution is -2.31. The quantitative estimate of drug-likeness (QED) is 0.489. The van der Waals surface area contributed by atoms with Crippen molar-refractivity contribution >= 4 is 21.4 Å². The van der Waals surface area contributed by atoms with E-state index in [-0.39, 0.29) is 11.7 Å². The highest BCUT2D eigenvalue weighted by Crippen LogP contribution is 2.37.